The van der Waals surface area contributed by atoms with Gasteiger partial charge in [0.2, 0.25) is 5.69 Å². The number of nitrogens with zero attached hydrogens (tertiary/aromatic N) is 1. The molecule has 2 rings (SSSR count). The monoisotopic (exact) mass is 410 g/mol. The predicted octanol–water partition coefficient (Wildman–Crippen LogP) is 7.22. The molecule has 0 fully saturated rings. The van der Waals surface area contributed by atoms with E-state index < -0.39 is 11.9 Å². The van der Waals surface area contributed by atoms with Gasteiger partial charge in [-0.3, -0.25) is 4.79 Å². The van der Waals surface area contributed by atoms with E-state index in [1.165, 1.54) is 64.2 Å². The standard InChI is InChI=1S/C27H39NO2/c1-2-3-4-5-6-7-8-9-10-11-12-14-20-25(27(29)30)24-19-15-16-21-26(24)28-22-17-13-18-23-28/h13,15-19,21-23,25H,2-12,14,20H2,1H3/p+1. The summed E-state index contributed by atoms with van der Waals surface area (Å²) in [7, 11) is 0. The Kier molecular flexibility index (Phi) is 11.9. The van der Waals surface area contributed by atoms with Gasteiger partial charge < -0.3 is 5.11 Å². The lowest BCUT2D eigenvalue weighted by Gasteiger charge is -2.14. The van der Waals surface area contributed by atoms with Crippen molar-refractivity contribution in [3.05, 3.63) is 60.4 Å². The first-order valence-electron chi connectivity index (χ1n) is 12.0. The third-order valence-electron chi connectivity index (χ3n) is 5.95. The fourth-order valence-electron chi connectivity index (χ4n) is 4.18. The lowest BCUT2D eigenvalue weighted by molar-refractivity contribution is -0.596. The highest BCUT2D eigenvalue weighted by atomic mass is 16.4. The van der Waals surface area contributed by atoms with Crippen LogP contribution in [0.25, 0.3) is 5.69 Å². The number of unbranched alkanes of at least 4 members (excludes halogenated alkanes) is 11. The zero-order valence-electron chi connectivity index (χ0n) is 18.8. The van der Waals surface area contributed by atoms with Crippen LogP contribution in [-0.2, 0) is 4.79 Å². The molecule has 0 aliphatic carbocycles. The molecule has 2 aromatic rings. The number of rotatable bonds is 16. The SMILES string of the molecule is CCCCCCCCCCCCCCC(C(=O)O)c1ccccc1-[n+]1ccccc1. The average molecular weight is 411 g/mol. The molecule has 1 atom stereocenters. The van der Waals surface area contributed by atoms with Crippen molar-refractivity contribution >= 4 is 5.97 Å². The predicted molar refractivity (Wildman–Crippen MR) is 124 cm³/mol. The number of pyridine rings is 1. The van der Waals surface area contributed by atoms with Gasteiger partial charge in [0.1, 0.15) is 0 Å². The molecule has 1 heterocycles. The minimum atomic E-state index is -0.720. The van der Waals surface area contributed by atoms with Gasteiger partial charge in [-0.25, -0.2) is 0 Å². The zero-order chi connectivity index (χ0) is 21.4. The van der Waals surface area contributed by atoms with Crippen LogP contribution in [0.2, 0.25) is 0 Å². The lowest BCUT2D eigenvalue weighted by Crippen LogP contribution is -2.32. The highest BCUT2D eigenvalue weighted by Crippen LogP contribution is 2.26. The Hall–Kier alpha value is -2.16. The van der Waals surface area contributed by atoms with Crippen LogP contribution in [-0.4, -0.2) is 11.1 Å². The topological polar surface area (TPSA) is 41.2 Å². The third-order valence-corrected chi connectivity index (χ3v) is 5.95. The summed E-state index contributed by atoms with van der Waals surface area (Å²) in [6.07, 6.45) is 20.2. The molecule has 0 aliphatic heterocycles. The smallest absolute Gasteiger partial charge is 0.311 e. The number of carboxylic acid groups (broad SMARTS) is 1. The Morgan fingerprint density at radius 3 is 1.87 bits per heavy atom. The normalized spacial score (nSPS) is 12.0. The van der Waals surface area contributed by atoms with Crippen LogP contribution in [0.3, 0.4) is 0 Å². The number of hydrogen-bond donors (Lipinski definition) is 1. The number of aromatic nitrogens is 1. The number of aliphatic carboxylic acids is 1. The van der Waals surface area contributed by atoms with Gasteiger partial charge in [0, 0.05) is 23.8 Å². The number of carbonyl (C=O) groups is 1. The molecule has 164 valence electrons. The maximum atomic E-state index is 12.0. The maximum absolute atomic E-state index is 12.0. The van der Waals surface area contributed by atoms with E-state index in [9.17, 15) is 9.90 Å². The van der Waals surface area contributed by atoms with Crippen molar-refractivity contribution in [2.75, 3.05) is 0 Å². The van der Waals surface area contributed by atoms with Crippen LogP contribution in [0.4, 0.5) is 0 Å². The first-order valence-corrected chi connectivity index (χ1v) is 12.0. The number of carboxylic acids is 1. The molecular formula is C27H40NO2+. The molecule has 1 aromatic carbocycles. The van der Waals surface area contributed by atoms with E-state index in [-0.39, 0.29) is 0 Å². The Balaban J connectivity index is 1.72. The van der Waals surface area contributed by atoms with E-state index in [4.69, 9.17) is 0 Å². The molecule has 0 amide bonds. The molecule has 3 nitrogen and oxygen atoms in total. The van der Waals surface area contributed by atoms with Crippen molar-refractivity contribution in [1.29, 1.82) is 0 Å². The minimum Gasteiger partial charge on any atom is -0.481 e. The fourth-order valence-corrected chi connectivity index (χ4v) is 4.18. The molecule has 0 aliphatic rings. The first kappa shape index (κ1) is 24.1. The van der Waals surface area contributed by atoms with Crippen LogP contribution in [0.1, 0.15) is 102 Å². The summed E-state index contributed by atoms with van der Waals surface area (Å²) in [6.45, 7) is 2.26. The Bertz CT molecular complexity index is 714. The van der Waals surface area contributed by atoms with Crippen LogP contribution in [0, 0.1) is 0 Å². The number of hydrogen-bond acceptors (Lipinski definition) is 1. The molecule has 1 N–H and O–H groups in total. The molecule has 0 saturated carbocycles. The van der Waals surface area contributed by atoms with E-state index >= 15 is 0 Å². The summed E-state index contributed by atoms with van der Waals surface area (Å²) in [5.74, 6) is -1.17. The molecule has 30 heavy (non-hydrogen) atoms. The van der Waals surface area contributed by atoms with Gasteiger partial charge in [0.25, 0.3) is 0 Å². The second kappa shape index (κ2) is 14.8. The average Bonchev–Trinajstić information content (AvgIpc) is 2.77. The summed E-state index contributed by atoms with van der Waals surface area (Å²) in [5.41, 5.74) is 1.87. The quantitative estimate of drug-likeness (QED) is 0.234. The molecule has 0 spiro atoms. The summed E-state index contributed by atoms with van der Waals surface area (Å²) in [4.78, 5) is 12.0. The van der Waals surface area contributed by atoms with Gasteiger partial charge in [0.15, 0.2) is 12.4 Å². The van der Waals surface area contributed by atoms with Gasteiger partial charge in [-0.15, -0.1) is 0 Å². The van der Waals surface area contributed by atoms with Gasteiger partial charge in [-0.1, -0.05) is 108 Å². The molecule has 1 unspecified atom stereocenters. The maximum Gasteiger partial charge on any atom is 0.311 e. The van der Waals surface area contributed by atoms with Gasteiger partial charge in [0.05, 0.1) is 5.92 Å². The van der Waals surface area contributed by atoms with Crippen LogP contribution in [0.15, 0.2) is 54.9 Å². The lowest BCUT2D eigenvalue weighted by atomic mass is 9.91. The first-order chi connectivity index (χ1) is 14.7. The van der Waals surface area contributed by atoms with Crippen molar-refractivity contribution < 1.29 is 14.5 Å². The minimum absolute atomic E-state index is 0.447. The zero-order valence-corrected chi connectivity index (χ0v) is 18.8. The van der Waals surface area contributed by atoms with E-state index in [0.29, 0.717) is 6.42 Å². The number of benzene rings is 1. The number of para-hydroxylation sites is 1. The molecule has 0 radical (unpaired) electrons. The van der Waals surface area contributed by atoms with Crippen molar-refractivity contribution in [2.24, 2.45) is 0 Å². The van der Waals surface area contributed by atoms with Crippen molar-refractivity contribution in [1.82, 2.24) is 0 Å². The van der Waals surface area contributed by atoms with E-state index in [0.717, 1.165) is 24.1 Å². The van der Waals surface area contributed by atoms with E-state index in [1.807, 2.05) is 59.4 Å². The largest absolute Gasteiger partial charge is 0.481 e. The molecule has 1 aromatic heterocycles. The fraction of sp³-hybridized carbons (Fsp3) is 0.556. The Morgan fingerprint density at radius 1 is 0.767 bits per heavy atom. The summed E-state index contributed by atoms with van der Waals surface area (Å²) >= 11 is 0. The summed E-state index contributed by atoms with van der Waals surface area (Å²) < 4.78 is 2.01. The van der Waals surface area contributed by atoms with Crippen molar-refractivity contribution in [3.63, 3.8) is 0 Å². The Morgan fingerprint density at radius 2 is 1.30 bits per heavy atom. The second-order valence-electron chi connectivity index (χ2n) is 8.41. The van der Waals surface area contributed by atoms with Crippen LogP contribution in [0.5, 0.6) is 0 Å². The van der Waals surface area contributed by atoms with Gasteiger partial charge in [-0.05, 0) is 6.42 Å². The molecular weight excluding hydrogens is 370 g/mol. The molecule has 3 heteroatoms. The second-order valence-corrected chi connectivity index (χ2v) is 8.41. The van der Waals surface area contributed by atoms with Crippen LogP contribution < -0.4 is 4.57 Å². The molecule has 0 saturated heterocycles. The van der Waals surface area contributed by atoms with Crippen molar-refractivity contribution in [2.45, 2.75) is 96.3 Å². The van der Waals surface area contributed by atoms with Gasteiger partial charge in [-0.2, -0.15) is 4.57 Å². The van der Waals surface area contributed by atoms with E-state index in [1.54, 1.807) is 0 Å². The summed E-state index contributed by atoms with van der Waals surface area (Å²) in [6, 6.07) is 13.8. The van der Waals surface area contributed by atoms with E-state index in [2.05, 4.69) is 6.92 Å². The highest BCUT2D eigenvalue weighted by Gasteiger charge is 2.25. The third kappa shape index (κ3) is 8.69. The van der Waals surface area contributed by atoms with Crippen LogP contribution >= 0.6 is 0 Å². The Labute approximate surface area is 183 Å². The highest BCUT2D eigenvalue weighted by molar-refractivity contribution is 5.77. The summed E-state index contributed by atoms with van der Waals surface area (Å²) in [5, 5.41) is 9.87. The van der Waals surface area contributed by atoms with Gasteiger partial charge >= 0.3 is 5.97 Å². The van der Waals surface area contributed by atoms with Crippen molar-refractivity contribution in [3.8, 4) is 5.69 Å². The molecule has 0 bridgehead atoms.